The number of carbonyl (C=O) groups is 1. The van der Waals surface area contributed by atoms with Crippen LogP contribution in [0.1, 0.15) is 5.56 Å². The van der Waals surface area contributed by atoms with Crippen LogP contribution in [0.25, 0.3) is 10.9 Å². The third-order valence-corrected chi connectivity index (χ3v) is 3.91. The molecule has 9 heteroatoms. The highest BCUT2D eigenvalue weighted by Crippen LogP contribution is 2.15. The first-order valence-electron chi connectivity index (χ1n) is 8.04. The van der Waals surface area contributed by atoms with Gasteiger partial charge in [-0.15, -0.1) is 5.10 Å². The smallest absolute Gasteiger partial charge is 0.387 e. The lowest BCUT2D eigenvalue weighted by atomic mass is 10.2. The van der Waals surface area contributed by atoms with Crippen LogP contribution < -0.4 is 10.3 Å². The zero-order chi connectivity index (χ0) is 19.4. The zero-order valence-corrected chi connectivity index (χ0v) is 14.4. The molecule has 1 heterocycles. The molecule has 0 saturated heterocycles. The molecule has 7 nitrogen and oxygen atoms in total. The van der Waals surface area contributed by atoms with Crippen LogP contribution in [0.15, 0.2) is 53.3 Å². The first-order chi connectivity index (χ1) is 12.9. The van der Waals surface area contributed by atoms with Crippen molar-refractivity contribution < 1.29 is 18.3 Å². The molecule has 0 saturated carbocycles. The number of rotatable bonds is 6. The van der Waals surface area contributed by atoms with Crippen LogP contribution in [0, 0.1) is 0 Å². The van der Waals surface area contributed by atoms with Crippen LogP contribution >= 0.6 is 0 Å². The number of amides is 1. The standard InChI is InChI=1S/C18H16F2N4O3/c1-23(10-12-6-8-13(9-7-12)27-18(19)20)16(25)11-24-17(26)14-4-2-3-5-15(14)21-22-24/h2-9,18H,10-11H2,1H3. The van der Waals surface area contributed by atoms with Crippen molar-refractivity contribution in [2.45, 2.75) is 19.7 Å². The number of hydrogen-bond donors (Lipinski definition) is 0. The Kier molecular flexibility index (Phi) is 5.39. The summed E-state index contributed by atoms with van der Waals surface area (Å²) >= 11 is 0. The lowest BCUT2D eigenvalue weighted by Crippen LogP contribution is -2.35. The number of alkyl halides is 2. The third-order valence-electron chi connectivity index (χ3n) is 3.91. The summed E-state index contributed by atoms with van der Waals surface area (Å²) < 4.78 is 29.6. The predicted octanol–water partition coefficient (Wildman–Crippen LogP) is 2.05. The summed E-state index contributed by atoms with van der Waals surface area (Å²) in [4.78, 5) is 26.2. The number of halogens is 2. The van der Waals surface area contributed by atoms with Crippen molar-refractivity contribution in [1.29, 1.82) is 0 Å². The van der Waals surface area contributed by atoms with E-state index in [-0.39, 0.29) is 24.7 Å². The van der Waals surface area contributed by atoms with E-state index in [0.717, 1.165) is 10.2 Å². The number of benzene rings is 2. The molecule has 1 aromatic heterocycles. The van der Waals surface area contributed by atoms with Crippen molar-refractivity contribution in [3.8, 4) is 5.75 Å². The van der Waals surface area contributed by atoms with Gasteiger partial charge in [-0.05, 0) is 29.8 Å². The number of hydrogen-bond acceptors (Lipinski definition) is 5. The first kappa shape index (κ1) is 18.4. The van der Waals surface area contributed by atoms with Gasteiger partial charge < -0.3 is 9.64 Å². The van der Waals surface area contributed by atoms with E-state index in [2.05, 4.69) is 15.0 Å². The highest BCUT2D eigenvalue weighted by atomic mass is 19.3. The summed E-state index contributed by atoms with van der Waals surface area (Å²) in [6, 6.07) is 12.7. The van der Waals surface area contributed by atoms with E-state index in [1.165, 1.54) is 17.0 Å². The van der Waals surface area contributed by atoms with E-state index in [9.17, 15) is 18.4 Å². The Morgan fingerprint density at radius 3 is 2.59 bits per heavy atom. The Morgan fingerprint density at radius 1 is 1.19 bits per heavy atom. The highest BCUT2D eigenvalue weighted by Gasteiger charge is 2.14. The quantitative estimate of drug-likeness (QED) is 0.660. The third kappa shape index (κ3) is 4.43. The van der Waals surface area contributed by atoms with E-state index in [1.54, 1.807) is 43.4 Å². The minimum atomic E-state index is -2.89. The van der Waals surface area contributed by atoms with Crippen LogP contribution in [-0.2, 0) is 17.9 Å². The van der Waals surface area contributed by atoms with Crippen LogP contribution in [0.2, 0.25) is 0 Å². The molecule has 3 rings (SSSR count). The maximum Gasteiger partial charge on any atom is 0.387 e. The number of carbonyl (C=O) groups excluding carboxylic acids is 1. The van der Waals surface area contributed by atoms with Gasteiger partial charge in [-0.2, -0.15) is 8.78 Å². The fraction of sp³-hybridized carbons (Fsp3) is 0.222. The van der Waals surface area contributed by atoms with Gasteiger partial charge in [0.25, 0.3) is 5.56 Å². The average molecular weight is 374 g/mol. The monoisotopic (exact) mass is 374 g/mol. The van der Waals surface area contributed by atoms with Crippen molar-refractivity contribution in [2.24, 2.45) is 0 Å². The maximum atomic E-state index is 12.4. The largest absolute Gasteiger partial charge is 0.435 e. The Bertz CT molecular complexity index is 1010. The second kappa shape index (κ2) is 7.90. The van der Waals surface area contributed by atoms with Crippen LogP contribution in [0.3, 0.4) is 0 Å². The fourth-order valence-corrected chi connectivity index (χ4v) is 2.51. The van der Waals surface area contributed by atoms with E-state index in [1.807, 2.05) is 0 Å². The lowest BCUT2D eigenvalue weighted by molar-refractivity contribution is -0.131. The van der Waals surface area contributed by atoms with Gasteiger partial charge in [0.05, 0.1) is 5.39 Å². The Hall–Kier alpha value is -3.36. The Balaban J connectivity index is 1.67. The number of aromatic nitrogens is 3. The Morgan fingerprint density at radius 2 is 1.89 bits per heavy atom. The van der Waals surface area contributed by atoms with Crippen molar-refractivity contribution >= 4 is 16.8 Å². The van der Waals surface area contributed by atoms with Gasteiger partial charge in [0.1, 0.15) is 17.8 Å². The number of nitrogens with zero attached hydrogens (tertiary/aromatic N) is 4. The van der Waals surface area contributed by atoms with Crippen LogP contribution in [-0.4, -0.2) is 39.5 Å². The van der Waals surface area contributed by atoms with Crippen molar-refractivity contribution in [2.75, 3.05) is 7.05 Å². The van der Waals surface area contributed by atoms with E-state index in [0.29, 0.717) is 10.9 Å². The van der Waals surface area contributed by atoms with Crippen molar-refractivity contribution in [3.63, 3.8) is 0 Å². The number of likely N-dealkylation sites (N-methyl/N-ethyl adjacent to an activating group) is 1. The number of ether oxygens (including phenoxy) is 1. The van der Waals surface area contributed by atoms with Crippen molar-refractivity contribution in [1.82, 2.24) is 19.9 Å². The highest BCUT2D eigenvalue weighted by molar-refractivity contribution is 5.78. The van der Waals surface area contributed by atoms with Gasteiger partial charge >= 0.3 is 6.61 Å². The van der Waals surface area contributed by atoms with Crippen LogP contribution in [0.5, 0.6) is 5.75 Å². The van der Waals surface area contributed by atoms with Gasteiger partial charge in [0.2, 0.25) is 5.91 Å². The second-order valence-corrected chi connectivity index (χ2v) is 5.84. The number of fused-ring (bicyclic) bond motifs is 1. The van der Waals surface area contributed by atoms with E-state index >= 15 is 0 Å². The summed E-state index contributed by atoms with van der Waals surface area (Å²) in [5.41, 5.74) is 0.797. The molecule has 0 unspecified atom stereocenters. The first-order valence-corrected chi connectivity index (χ1v) is 8.04. The Labute approximate surface area is 152 Å². The fourth-order valence-electron chi connectivity index (χ4n) is 2.51. The molecule has 0 aliphatic heterocycles. The van der Waals surface area contributed by atoms with E-state index < -0.39 is 12.2 Å². The summed E-state index contributed by atoms with van der Waals surface area (Å²) in [6.45, 7) is -2.90. The molecule has 0 bridgehead atoms. The van der Waals surface area contributed by atoms with Gasteiger partial charge in [0, 0.05) is 13.6 Å². The molecular formula is C18H16F2N4O3. The molecule has 27 heavy (non-hydrogen) atoms. The normalized spacial score (nSPS) is 11.0. The molecule has 0 radical (unpaired) electrons. The van der Waals surface area contributed by atoms with Gasteiger partial charge in [-0.25, -0.2) is 4.68 Å². The predicted molar refractivity (Wildman–Crippen MR) is 93.3 cm³/mol. The molecular weight excluding hydrogens is 358 g/mol. The van der Waals surface area contributed by atoms with Gasteiger partial charge in [-0.3, -0.25) is 9.59 Å². The molecule has 140 valence electrons. The zero-order valence-electron chi connectivity index (χ0n) is 14.4. The molecule has 3 aromatic rings. The molecule has 0 aliphatic rings. The molecule has 2 aromatic carbocycles. The molecule has 0 aliphatic carbocycles. The molecule has 0 atom stereocenters. The molecule has 0 spiro atoms. The minimum Gasteiger partial charge on any atom is -0.435 e. The van der Waals surface area contributed by atoms with Gasteiger partial charge in [0.15, 0.2) is 0 Å². The van der Waals surface area contributed by atoms with Crippen LogP contribution in [0.4, 0.5) is 8.78 Å². The summed E-state index contributed by atoms with van der Waals surface area (Å²) in [5, 5.41) is 8.12. The van der Waals surface area contributed by atoms with Crippen molar-refractivity contribution in [3.05, 3.63) is 64.4 Å². The van der Waals surface area contributed by atoms with E-state index in [4.69, 9.17) is 0 Å². The summed E-state index contributed by atoms with van der Waals surface area (Å²) in [6.07, 6.45) is 0. The molecule has 0 fully saturated rings. The second-order valence-electron chi connectivity index (χ2n) is 5.84. The summed E-state index contributed by atoms with van der Waals surface area (Å²) in [5.74, 6) is -0.296. The van der Waals surface area contributed by atoms with Gasteiger partial charge in [-0.1, -0.05) is 29.5 Å². The SMILES string of the molecule is CN(Cc1ccc(OC(F)F)cc1)C(=O)Cn1nnc2ccccc2c1=O. The topological polar surface area (TPSA) is 77.3 Å². The maximum absolute atomic E-state index is 12.4. The minimum absolute atomic E-state index is 0.0423. The molecule has 0 N–H and O–H groups in total. The average Bonchev–Trinajstić information content (AvgIpc) is 2.65. The molecule has 1 amide bonds. The lowest BCUT2D eigenvalue weighted by Gasteiger charge is -2.17. The summed E-state index contributed by atoms with van der Waals surface area (Å²) in [7, 11) is 1.57.